The fourth-order valence-corrected chi connectivity index (χ4v) is 3.23. The van der Waals surface area contributed by atoms with Crippen molar-refractivity contribution >= 4 is 15.9 Å². The molecular weight excluding hydrogens is 348 g/mol. The van der Waals surface area contributed by atoms with Gasteiger partial charge in [0.15, 0.2) is 0 Å². The maximum atomic E-state index is 5.72. The molecule has 0 fully saturated rings. The fourth-order valence-electron chi connectivity index (χ4n) is 2.83. The predicted octanol–water partition coefficient (Wildman–Crippen LogP) is 7.28. The van der Waals surface area contributed by atoms with Crippen molar-refractivity contribution in [1.82, 2.24) is 0 Å². The first-order valence-electron chi connectivity index (χ1n) is 9.61. The van der Waals surface area contributed by atoms with Gasteiger partial charge in [0, 0.05) is 11.9 Å². The highest BCUT2D eigenvalue weighted by atomic mass is 79.9. The third-order valence-corrected chi connectivity index (χ3v) is 4.84. The van der Waals surface area contributed by atoms with Gasteiger partial charge in [0.25, 0.3) is 0 Å². The lowest BCUT2D eigenvalue weighted by Gasteiger charge is -2.05. The topological polar surface area (TPSA) is 9.23 Å². The Morgan fingerprint density at radius 1 is 0.609 bits per heavy atom. The summed E-state index contributed by atoms with van der Waals surface area (Å²) in [7, 11) is 0. The van der Waals surface area contributed by atoms with Crippen molar-refractivity contribution in [3.05, 3.63) is 35.9 Å². The average molecular weight is 383 g/mol. The van der Waals surface area contributed by atoms with Gasteiger partial charge in [0.05, 0.1) is 6.61 Å². The minimum absolute atomic E-state index is 0.760. The summed E-state index contributed by atoms with van der Waals surface area (Å²) in [5.41, 5.74) is 1.28. The smallest absolute Gasteiger partial charge is 0.0716 e. The van der Waals surface area contributed by atoms with Gasteiger partial charge in [0.1, 0.15) is 0 Å². The standard InChI is InChI=1S/C21H35BrO/c22-18-14-9-7-5-3-1-2-4-6-8-10-15-19-23-20-21-16-12-11-13-17-21/h11-13,16-17H,1-10,14-15,18-20H2. The molecule has 2 heteroatoms. The Hall–Kier alpha value is -0.340. The molecule has 132 valence electrons. The maximum Gasteiger partial charge on any atom is 0.0716 e. The quantitative estimate of drug-likeness (QED) is 0.215. The lowest BCUT2D eigenvalue weighted by Crippen LogP contribution is -1.95. The number of halogens is 1. The van der Waals surface area contributed by atoms with Gasteiger partial charge in [-0.05, 0) is 18.4 Å². The lowest BCUT2D eigenvalue weighted by atomic mass is 10.1. The van der Waals surface area contributed by atoms with Crippen LogP contribution < -0.4 is 0 Å². The molecule has 0 amide bonds. The van der Waals surface area contributed by atoms with Crippen molar-refractivity contribution in [2.45, 2.75) is 83.7 Å². The van der Waals surface area contributed by atoms with Crippen LogP contribution in [0, 0.1) is 0 Å². The Balaban J connectivity index is 1.72. The molecule has 0 aliphatic carbocycles. The van der Waals surface area contributed by atoms with E-state index in [-0.39, 0.29) is 0 Å². The number of alkyl halides is 1. The number of ether oxygens (including phenoxy) is 1. The number of hydrogen-bond donors (Lipinski definition) is 0. The van der Waals surface area contributed by atoms with Gasteiger partial charge >= 0.3 is 0 Å². The molecule has 0 aliphatic heterocycles. The molecule has 0 saturated carbocycles. The fraction of sp³-hybridized carbons (Fsp3) is 0.714. The molecule has 0 bridgehead atoms. The van der Waals surface area contributed by atoms with Crippen molar-refractivity contribution < 1.29 is 4.74 Å². The van der Waals surface area contributed by atoms with Crippen LogP contribution in [0.3, 0.4) is 0 Å². The molecule has 1 aromatic rings. The zero-order valence-electron chi connectivity index (χ0n) is 14.8. The first-order chi connectivity index (χ1) is 11.4. The molecule has 0 N–H and O–H groups in total. The number of unbranched alkanes of at least 4 members (excludes halogenated alkanes) is 11. The molecule has 1 rings (SSSR count). The monoisotopic (exact) mass is 382 g/mol. The van der Waals surface area contributed by atoms with Crippen LogP contribution in [0.15, 0.2) is 30.3 Å². The van der Waals surface area contributed by atoms with E-state index in [0.717, 1.165) is 13.2 Å². The van der Waals surface area contributed by atoms with E-state index < -0.39 is 0 Å². The van der Waals surface area contributed by atoms with E-state index in [1.807, 2.05) is 6.07 Å². The van der Waals surface area contributed by atoms with E-state index in [4.69, 9.17) is 4.74 Å². The minimum Gasteiger partial charge on any atom is -0.377 e. The summed E-state index contributed by atoms with van der Waals surface area (Å²) in [6.07, 6.45) is 16.6. The molecule has 0 heterocycles. The third-order valence-electron chi connectivity index (χ3n) is 4.28. The van der Waals surface area contributed by atoms with Crippen molar-refractivity contribution in [1.29, 1.82) is 0 Å². The number of hydrogen-bond acceptors (Lipinski definition) is 1. The van der Waals surface area contributed by atoms with Crippen LogP contribution in [0.2, 0.25) is 0 Å². The molecule has 23 heavy (non-hydrogen) atoms. The second-order valence-corrected chi connectivity index (χ2v) is 7.26. The van der Waals surface area contributed by atoms with Gasteiger partial charge in [-0.2, -0.15) is 0 Å². The van der Waals surface area contributed by atoms with Gasteiger partial charge in [-0.15, -0.1) is 0 Å². The van der Waals surface area contributed by atoms with E-state index in [0.29, 0.717) is 0 Å². The van der Waals surface area contributed by atoms with E-state index >= 15 is 0 Å². The SMILES string of the molecule is BrCCCCCCCCCCCCCCOCc1ccccc1. The lowest BCUT2D eigenvalue weighted by molar-refractivity contribution is 0.116. The van der Waals surface area contributed by atoms with Crippen LogP contribution in [0.1, 0.15) is 82.6 Å². The van der Waals surface area contributed by atoms with E-state index in [9.17, 15) is 0 Å². The van der Waals surface area contributed by atoms with E-state index in [2.05, 4.69) is 40.2 Å². The summed E-state index contributed by atoms with van der Waals surface area (Å²) in [5, 5.41) is 1.17. The van der Waals surface area contributed by atoms with Crippen LogP contribution in [0.5, 0.6) is 0 Å². The van der Waals surface area contributed by atoms with Gasteiger partial charge < -0.3 is 4.74 Å². The normalized spacial score (nSPS) is 11.0. The Morgan fingerprint density at radius 2 is 1.09 bits per heavy atom. The van der Waals surface area contributed by atoms with Gasteiger partial charge in [-0.1, -0.05) is 110 Å². The molecule has 0 atom stereocenters. The first kappa shape index (κ1) is 20.7. The Bertz CT molecular complexity index is 339. The summed E-state index contributed by atoms with van der Waals surface area (Å²) >= 11 is 3.49. The van der Waals surface area contributed by atoms with Crippen LogP contribution in [0.4, 0.5) is 0 Å². The first-order valence-corrected chi connectivity index (χ1v) is 10.7. The van der Waals surface area contributed by atoms with Crippen LogP contribution in [0.25, 0.3) is 0 Å². The van der Waals surface area contributed by atoms with E-state index in [1.54, 1.807) is 0 Å². The molecule has 0 radical (unpaired) electrons. The highest BCUT2D eigenvalue weighted by molar-refractivity contribution is 9.09. The molecule has 0 unspecified atom stereocenters. The largest absolute Gasteiger partial charge is 0.377 e. The zero-order chi connectivity index (χ0) is 16.4. The van der Waals surface area contributed by atoms with Crippen molar-refractivity contribution in [2.24, 2.45) is 0 Å². The Labute approximate surface area is 152 Å². The molecule has 1 aromatic carbocycles. The highest BCUT2D eigenvalue weighted by Crippen LogP contribution is 2.12. The molecule has 0 aliphatic rings. The van der Waals surface area contributed by atoms with Crippen LogP contribution in [-0.4, -0.2) is 11.9 Å². The molecular formula is C21H35BrO. The summed E-state index contributed by atoms with van der Waals surface area (Å²) in [4.78, 5) is 0. The minimum atomic E-state index is 0.760. The number of rotatable bonds is 16. The van der Waals surface area contributed by atoms with E-state index in [1.165, 1.54) is 87.9 Å². The van der Waals surface area contributed by atoms with Gasteiger partial charge in [-0.3, -0.25) is 0 Å². The summed E-state index contributed by atoms with van der Waals surface area (Å²) in [6.45, 7) is 1.67. The molecule has 0 saturated heterocycles. The predicted molar refractivity (Wildman–Crippen MR) is 105 cm³/mol. The van der Waals surface area contributed by atoms with Crippen LogP contribution >= 0.6 is 15.9 Å². The summed E-state index contributed by atoms with van der Waals surface area (Å²) in [6, 6.07) is 10.4. The second kappa shape index (κ2) is 16.5. The molecule has 1 nitrogen and oxygen atoms in total. The Morgan fingerprint density at radius 3 is 1.61 bits per heavy atom. The van der Waals surface area contributed by atoms with Crippen LogP contribution in [-0.2, 0) is 11.3 Å². The summed E-state index contributed by atoms with van der Waals surface area (Å²) < 4.78 is 5.72. The van der Waals surface area contributed by atoms with Crippen molar-refractivity contribution in [2.75, 3.05) is 11.9 Å². The van der Waals surface area contributed by atoms with Crippen molar-refractivity contribution in [3.63, 3.8) is 0 Å². The van der Waals surface area contributed by atoms with Gasteiger partial charge in [-0.25, -0.2) is 0 Å². The molecule has 0 aromatic heterocycles. The molecule has 0 spiro atoms. The van der Waals surface area contributed by atoms with Gasteiger partial charge in [0.2, 0.25) is 0 Å². The number of benzene rings is 1. The average Bonchev–Trinajstić information content (AvgIpc) is 2.59. The maximum absolute atomic E-state index is 5.72. The Kier molecular flexibility index (Phi) is 14.9. The van der Waals surface area contributed by atoms with Crippen molar-refractivity contribution in [3.8, 4) is 0 Å². The third kappa shape index (κ3) is 13.8. The summed E-state index contributed by atoms with van der Waals surface area (Å²) in [5.74, 6) is 0. The highest BCUT2D eigenvalue weighted by Gasteiger charge is 1.95. The second-order valence-electron chi connectivity index (χ2n) is 6.47. The zero-order valence-corrected chi connectivity index (χ0v) is 16.4.